The molecule has 3 aliphatic rings. The van der Waals surface area contributed by atoms with Gasteiger partial charge in [-0.1, -0.05) is 0 Å². The van der Waals surface area contributed by atoms with E-state index in [1.165, 1.54) is 29.1 Å². The highest BCUT2D eigenvalue weighted by molar-refractivity contribution is 7.23. The minimum Gasteiger partial charge on any atom is -0.465 e. The van der Waals surface area contributed by atoms with Crippen LogP contribution >= 0.6 is 22.7 Å². The maximum atomic E-state index is 13.0. The van der Waals surface area contributed by atoms with Crippen molar-refractivity contribution >= 4 is 49.9 Å². The first kappa shape index (κ1) is 23.8. The zero-order chi connectivity index (χ0) is 24.8. The molecule has 0 spiro atoms. The predicted molar refractivity (Wildman–Crippen MR) is 142 cm³/mol. The number of hydrogen-bond acceptors (Lipinski definition) is 8. The van der Waals surface area contributed by atoms with Gasteiger partial charge in [0.05, 0.1) is 16.9 Å². The number of fused-ring (bicyclic) bond motifs is 3. The number of carbonyl (C=O) groups excluding carboxylic acids is 1. The minimum absolute atomic E-state index is 0.0345. The van der Waals surface area contributed by atoms with Crippen molar-refractivity contribution in [3.63, 3.8) is 0 Å². The lowest BCUT2D eigenvalue weighted by atomic mass is 9.98. The SMILES string of the molecule is C[C@H]1c2sc(NC(=O)CCNC3C[C@H]4CNC[C@H]4C3)c(-c3nc4cnccc4s3)c2CCN1C(=O)O. The van der Waals surface area contributed by atoms with E-state index >= 15 is 0 Å². The number of amides is 2. The summed E-state index contributed by atoms with van der Waals surface area (Å²) in [4.78, 5) is 36.2. The van der Waals surface area contributed by atoms with Crippen LogP contribution < -0.4 is 16.0 Å². The molecule has 2 aliphatic heterocycles. The Labute approximate surface area is 217 Å². The van der Waals surface area contributed by atoms with Crippen molar-refractivity contribution in [1.82, 2.24) is 25.5 Å². The molecule has 5 heterocycles. The highest BCUT2D eigenvalue weighted by Crippen LogP contribution is 2.48. The van der Waals surface area contributed by atoms with Gasteiger partial charge in [-0.3, -0.25) is 9.78 Å². The van der Waals surface area contributed by atoms with E-state index in [-0.39, 0.29) is 11.9 Å². The number of carbonyl (C=O) groups is 2. The van der Waals surface area contributed by atoms with E-state index in [1.807, 2.05) is 13.0 Å². The third kappa shape index (κ3) is 4.38. The Hall–Kier alpha value is -2.60. The second kappa shape index (κ2) is 9.70. The molecule has 1 saturated carbocycles. The molecule has 0 bridgehead atoms. The number of nitrogens with one attached hydrogen (secondary N) is 3. The van der Waals surface area contributed by atoms with Gasteiger partial charge in [0, 0.05) is 42.2 Å². The number of aromatic nitrogens is 2. The molecule has 1 aliphatic carbocycles. The van der Waals surface area contributed by atoms with Crippen LogP contribution in [0.1, 0.15) is 42.7 Å². The molecule has 2 fully saturated rings. The summed E-state index contributed by atoms with van der Waals surface area (Å²) in [6, 6.07) is 2.18. The van der Waals surface area contributed by atoms with Gasteiger partial charge in [-0.2, -0.15) is 0 Å². The van der Waals surface area contributed by atoms with Crippen molar-refractivity contribution in [1.29, 1.82) is 0 Å². The molecule has 1 unspecified atom stereocenters. The van der Waals surface area contributed by atoms with Gasteiger partial charge < -0.3 is 26.0 Å². The molecule has 0 radical (unpaired) electrons. The monoisotopic (exact) mass is 526 g/mol. The number of anilines is 1. The van der Waals surface area contributed by atoms with Gasteiger partial charge in [0.2, 0.25) is 5.91 Å². The zero-order valence-electron chi connectivity index (χ0n) is 20.1. The standard InChI is InChI=1S/C25H30N6O3S2/c1-13-22-17(4-7-31(13)25(33)34)21(23-29-18-12-26-5-2-19(18)35-23)24(36-22)30-20(32)3-6-28-16-8-14-10-27-11-15(14)9-16/h2,5,12-16,27-28H,3-4,6-11H2,1H3,(H,30,32)(H,33,34)/t13-,14-,15+,16?/m0/s1. The second-order valence-electron chi connectivity index (χ2n) is 10.0. The normalized spacial score (nSPS) is 25.2. The molecule has 1 saturated heterocycles. The number of hydrogen-bond donors (Lipinski definition) is 4. The number of pyridine rings is 1. The summed E-state index contributed by atoms with van der Waals surface area (Å²) in [5.41, 5.74) is 2.86. The number of rotatable bonds is 6. The zero-order valence-corrected chi connectivity index (χ0v) is 21.8. The Kier molecular flexibility index (Phi) is 6.40. The molecule has 190 valence electrons. The maximum absolute atomic E-state index is 13.0. The molecule has 9 nitrogen and oxygen atoms in total. The number of thiazole rings is 1. The highest BCUT2D eigenvalue weighted by Gasteiger charge is 2.37. The third-order valence-corrected chi connectivity index (χ3v) is 10.2. The molecule has 2 amide bonds. The fraction of sp³-hybridized carbons (Fsp3) is 0.520. The topological polar surface area (TPSA) is 119 Å². The molecule has 4 atom stereocenters. The van der Waals surface area contributed by atoms with Gasteiger partial charge in [0.25, 0.3) is 0 Å². The average Bonchev–Trinajstić information content (AvgIpc) is 3.60. The predicted octanol–water partition coefficient (Wildman–Crippen LogP) is 3.93. The van der Waals surface area contributed by atoms with Crippen LogP contribution in [0.25, 0.3) is 20.8 Å². The Morgan fingerprint density at radius 1 is 1.25 bits per heavy atom. The second-order valence-corrected chi connectivity index (χ2v) is 12.1. The molecule has 11 heteroatoms. The largest absolute Gasteiger partial charge is 0.465 e. The molecular formula is C25H30N6O3S2. The van der Waals surface area contributed by atoms with Crippen LogP contribution in [0.3, 0.4) is 0 Å². The Morgan fingerprint density at radius 3 is 2.81 bits per heavy atom. The van der Waals surface area contributed by atoms with Crippen LogP contribution in [-0.4, -0.2) is 64.2 Å². The van der Waals surface area contributed by atoms with Crippen molar-refractivity contribution in [2.45, 2.75) is 44.7 Å². The van der Waals surface area contributed by atoms with Gasteiger partial charge in [-0.25, -0.2) is 9.78 Å². The first-order valence-electron chi connectivity index (χ1n) is 12.6. The molecule has 3 aromatic rings. The molecule has 4 N–H and O–H groups in total. The van der Waals surface area contributed by atoms with Crippen LogP contribution in [-0.2, 0) is 11.2 Å². The van der Waals surface area contributed by atoms with Crippen LogP contribution in [0.5, 0.6) is 0 Å². The first-order valence-corrected chi connectivity index (χ1v) is 14.2. The number of nitrogens with zero attached hydrogens (tertiary/aromatic N) is 3. The van der Waals surface area contributed by atoms with Crippen LogP contribution in [0.4, 0.5) is 9.80 Å². The summed E-state index contributed by atoms with van der Waals surface area (Å²) >= 11 is 3.06. The molecule has 3 aromatic heterocycles. The van der Waals surface area contributed by atoms with Crippen molar-refractivity contribution in [2.24, 2.45) is 11.8 Å². The fourth-order valence-electron chi connectivity index (χ4n) is 6.01. The highest BCUT2D eigenvalue weighted by atomic mass is 32.1. The molecule has 6 rings (SSSR count). The molecular weight excluding hydrogens is 496 g/mol. The summed E-state index contributed by atoms with van der Waals surface area (Å²) in [5, 5.41) is 21.5. The molecule has 0 aromatic carbocycles. The van der Waals surface area contributed by atoms with Crippen LogP contribution in [0.15, 0.2) is 18.5 Å². The van der Waals surface area contributed by atoms with E-state index < -0.39 is 6.09 Å². The number of thiophene rings is 1. The van der Waals surface area contributed by atoms with E-state index in [0.29, 0.717) is 32.0 Å². The Balaban J connectivity index is 1.21. The number of carboxylic acid groups (broad SMARTS) is 1. The Bertz CT molecular complexity index is 1260. The first-order chi connectivity index (χ1) is 17.5. The van der Waals surface area contributed by atoms with Crippen molar-refractivity contribution < 1.29 is 14.7 Å². The van der Waals surface area contributed by atoms with E-state index in [2.05, 4.69) is 20.9 Å². The van der Waals surface area contributed by atoms with Gasteiger partial charge in [0.1, 0.15) is 15.5 Å². The minimum atomic E-state index is -0.919. The molecule has 36 heavy (non-hydrogen) atoms. The van der Waals surface area contributed by atoms with Crippen molar-refractivity contribution in [3.8, 4) is 10.6 Å². The smallest absolute Gasteiger partial charge is 0.407 e. The van der Waals surface area contributed by atoms with Crippen molar-refractivity contribution in [3.05, 3.63) is 28.9 Å². The van der Waals surface area contributed by atoms with Crippen LogP contribution in [0.2, 0.25) is 0 Å². The Morgan fingerprint density at radius 2 is 2.06 bits per heavy atom. The van der Waals surface area contributed by atoms with E-state index in [1.54, 1.807) is 23.7 Å². The summed E-state index contributed by atoms with van der Waals surface area (Å²) in [6.07, 6.45) is 5.95. The lowest BCUT2D eigenvalue weighted by molar-refractivity contribution is -0.116. The quantitative estimate of drug-likeness (QED) is 0.384. The van der Waals surface area contributed by atoms with Gasteiger partial charge in [0.15, 0.2) is 0 Å². The van der Waals surface area contributed by atoms with E-state index in [4.69, 9.17) is 4.98 Å². The summed E-state index contributed by atoms with van der Waals surface area (Å²) in [7, 11) is 0. The van der Waals surface area contributed by atoms with Gasteiger partial charge in [-0.05, 0) is 62.7 Å². The lowest BCUT2D eigenvalue weighted by Gasteiger charge is -2.31. The lowest BCUT2D eigenvalue weighted by Crippen LogP contribution is -2.37. The van der Waals surface area contributed by atoms with E-state index in [0.717, 1.165) is 61.2 Å². The van der Waals surface area contributed by atoms with E-state index in [9.17, 15) is 14.7 Å². The van der Waals surface area contributed by atoms with Crippen molar-refractivity contribution in [2.75, 3.05) is 31.5 Å². The summed E-state index contributed by atoms with van der Waals surface area (Å²) in [6.45, 7) is 5.23. The third-order valence-electron chi connectivity index (χ3n) is 7.83. The fourth-order valence-corrected chi connectivity index (χ4v) is 8.42. The average molecular weight is 527 g/mol. The summed E-state index contributed by atoms with van der Waals surface area (Å²) < 4.78 is 1.04. The van der Waals surface area contributed by atoms with Gasteiger partial charge >= 0.3 is 6.09 Å². The summed E-state index contributed by atoms with van der Waals surface area (Å²) in [5.74, 6) is 1.51. The van der Waals surface area contributed by atoms with Gasteiger partial charge in [-0.15, -0.1) is 22.7 Å². The van der Waals surface area contributed by atoms with Crippen LogP contribution in [0, 0.1) is 11.8 Å². The maximum Gasteiger partial charge on any atom is 0.407 e.